The van der Waals surface area contributed by atoms with Crippen LogP contribution in [0.4, 0.5) is 4.79 Å². The molecule has 3 rings (SSSR count). The summed E-state index contributed by atoms with van der Waals surface area (Å²) >= 11 is 0. The minimum Gasteiger partial charge on any atom is -0.490 e. The zero-order valence-electron chi connectivity index (χ0n) is 13.9. The lowest BCUT2D eigenvalue weighted by atomic mass is 10.0. The highest BCUT2D eigenvalue weighted by atomic mass is 16.5. The quantitative estimate of drug-likeness (QED) is 0.815. The van der Waals surface area contributed by atoms with Gasteiger partial charge in [0.15, 0.2) is 0 Å². The Hall–Kier alpha value is -2.57. The van der Waals surface area contributed by atoms with Gasteiger partial charge in [0.05, 0.1) is 18.9 Å². The Morgan fingerprint density at radius 1 is 1.46 bits per heavy atom. The molecule has 7 heteroatoms. The van der Waals surface area contributed by atoms with E-state index in [1.165, 1.54) is 5.56 Å². The van der Waals surface area contributed by atoms with Gasteiger partial charge in [0.1, 0.15) is 12.4 Å². The molecule has 1 fully saturated rings. The third-order valence-electron chi connectivity index (χ3n) is 4.14. The second kappa shape index (κ2) is 7.81. The number of rotatable bonds is 6. The average molecular weight is 329 g/mol. The fraction of sp³-hybridized carbons (Fsp3) is 0.471. The SMILES string of the molecule is Cn1cc(CC2CCN(C(=O)NCCOc3cccnc3)C2)cn1. The summed E-state index contributed by atoms with van der Waals surface area (Å²) in [4.78, 5) is 18.0. The molecule has 0 spiro atoms. The summed E-state index contributed by atoms with van der Waals surface area (Å²) in [6.45, 7) is 2.52. The van der Waals surface area contributed by atoms with Crippen molar-refractivity contribution in [3.63, 3.8) is 0 Å². The van der Waals surface area contributed by atoms with Gasteiger partial charge in [-0.1, -0.05) is 0 Å². The Morgan fingerprint density at radius 2 is 2.38 bits per heavy atom. The number of hydrogen-bond donors (Lipinski definition) is 1. The van der Waals surface area contributed by atoms with Crippen molar-refractivity contribution in [3.8, 4) is 5.75 Å². The fourth-order valence-electron chi connectivity index (χ4n) is 2.97. The fourth-order valence-corrected chi connectivity index (χ4v) is 2.97. The third kappa shape index (κ3) is 4.47. The van der Waals surface area contributed by atoms with Gasteiger partial charge < -0.3 is 15.0 Å². The highest BCUT2D eigenvalue weighted by Crippen LogP contribution is 2.20. The summed E-state index contributed by atoms with van der Waals surface area (Å²) < 4.78 is 7.33. The molecule has 1 N–H and O–H groups in total. The van der Waals surface area contributed by atoms with E-state index in [1.54, 1.807) is 12.4 Å². The number of aryl methyl sites for hydroxylation is 1. The number of nitrogens with one attached hydrogen (secondary N) is 1. The Bertz CT molecular complexity index is 658. The first-order valence-corrected chi connectivity index (χ1v) is 8.24. The van der Waals surface area contributed by atoms with Crippen LogP contribution in [0.1, 0.15) is 12.0 Å². The van der Waals surface area contributed by atoms with E-state index < -0.39 is 0 Å². The largest absolute Gasteiger partial charge is 0.490 e. The molecule has 1 saturated heterocycles. The van der Waals surface area contributed by atoms with Crippen LogP contribution in [0, 0.1) is 5.92 Å². The standard InChI is InChI=1S/C17H23N5O2/c1-21-12-15(10-20-21)9-14-4-7-22(13-14)17(23)19-6-8-24-16-3-2-5-18-11-16/h2-3,5,10-12,14H,4,6-9,13H2,1H3,(H,19,23). The van der Waals surface area contributed by atoms with Crippen molar-refractivity contribution in [3.05, 3.63) is 42.5 Å². The number of hydrogen-bond acceptors (Lipinski definition) is 4. The average Bonchev–Trinajstić information content (AvgIpc) is 3.22. The van der Waals surface area contributed by atoms with Gasteiger partial charge in [0, 0.05) is 32.5 Å². The van der Waals surface area contributed by atoms with Gasteiger partial charge in [-0.3, -0.25) is 9.67 Å². The number of ether oxygens (including phenoxy) is 1. The van der Waals surface area contributed by atoms with Gasteiger partial charge in [-0.15, -0.1) is 0 Å². The predicted molar refractivity (Wildman–Crippen MR) is 89.7 cm³/mol. The van der Waals surface area contributed by atoms with Crippen LogP contribution in [0.3, 0.4) is 0 Å². The third-order valence-corrected chi connectivity index (χ3v) is 4.14. The molecular formula is C17H23N5O2. The van der Waals surface area contributed by atoms with Crippen molar-refractivity contribution < 1.29 is 9.53 Å². The van der Waals surface area contributed by atoms with E-state index in [9.17, 15) is 4.79 Å². The summed E-state index contributed by atoms with van der Waals surface area (Å²) in [5.41, 5.74) is 1.23. The smallest absolute Gasteiger partial charge is 0.317 e. The van der Waals surface area contributed by atoms with Crippen LogP contribution in [-0.4, -0.2) is 51.9 Å². The van der Waals surface area contributed by atoms with Gasteiger partial charge in [-0.2, -0.15) is 5.10 Å². The summed E-state index contributed by atoms with van der Waals surface area (Å²) in [5, 5.41) is 7.10. The van der Waals surface area contributed by atoms with E-state index in [2.05, 4.69) is 15.4 Å². The minimum atomic E-state index is -0.0153. The van der Waals surface area contributed by atoms with E-state index in [0.29, 0.717) is 24.8 Å². The van der Waals surface area contributed by atoms with Crippen molar-refractivity contribution in [2.24, 2.45) is 13.0 Å². The van der Waals surface area contributed by atoms with E-state index >= 15 is 0 Å². The topological polar surface area (TPSA) is 72.3 Å². The van der Waals surface area contributed by atoms with E-state index in [-0.39, 0.29) is 6.03 Å². The van der Waals surface area contributed by atoms with E-state index in [4.69, 9.17) is 4.74 Å². The number of amides is 2. The van der Waals surface area contributed by atoms with Crippen LogP contribution in [0.2, 0.25) is 0 Å². The molecule has 2 aromatic rings. The molecule has 1 atom stereocenters. The first-order chi connectivity index (χ1) is 11.7. The summed E-state index contributed by atoms with van der Waals surface area (Å²) in [7, 11) is 1.92. The summed E-state index contributed by atoms with van der Waals surface area (Å²) in [5.74, 6) is 1.22. The molecule has 2 amide bonds. The molecule has 1 aliphatic heterocycles. The Balaban J connectivity index is 1.35. The highest BCUT2D eigenvalue weighted by molar-refractivity contribution is 5.74. The molecule has 2 aromatic heterocycles. The molecule has 3 heterocycles. The Labute approximate surface area is 141 Å². The molecule has 1 aliphatic rings. The van der Waals surface area contributed by atoms with Gasteiger partial charge >= 0.3 is 6.03 Å². The van der Waals surface area contributed by atoms with Gasteiger partial charge in [-0.05, 0) is 36.5 Å². The number of nitrogens with zero attached hydrogens (tertiary/aromatic N) is 4. The molecule has 24 heavy (non-hydrogen) atoms. The second-order valence-electron chi connectivity index (χ2n) is 6.10. The normalized spacial score (nSPS) is 17.0. The number of likely N-dealkylation sites (tertiary alicyclic amines) is 1. The van der Waals surface area contributed by atoms with Crippen LogP contribution in [0.15, 0.2) is 36.9 Å². The van der Waals surface area contributed by atoms with Crippen molar-refractivity contribution in [2.75, 3.05) is 26.2 Å². The molecule has 128 valence electrons. The van der Waals surface area contributed by atoms with Crippen LogP contribution in [0.25, 0.3) is 0 Å². The first-order valence-electron chi connectivity index (χ1n) is 8.24. The van der Waals surface area contributed by atoms with Crippen LogP contribution in [-0.2, 0) is 13.5 Å². The van der Waals surface area contributed by atoms with Gasteiger partial charge in [0.2, 0.25) is 0 Å². The number of carbonyl (C=O) groups excluding carboxylic acids is 1. The molecule has 0 aromatic carbocycles. The van der Waals surface area contributed by atoms with Crippen LogP contribution >= 0.6 is 0 Å². The minimum absolute atomic E-state index is 0.0153. The lowest BCUT2D eigenvalue weighted by Gasteiger charge is -2.17. The maximum Gasteiger partial charge on any atom is 0.317 e. The van der Waals surface area contributed by atoms with E-state index in [0.717, 1.165) is 25.9 Å². The number of pyridine rings is 1. The molecular weight excluding hydrogens is 306 g/mol. The van der Waals surface area contributed by atoms with Crippen molar-refractivity contribution in [1.82, 2.24) is 25.0 Å². The summed E-state index contributed by atoms with van der Waals surface area (Å²) in [6, 6.07) is 3.65. The lowest BCUT2D eigenvalue weighted by Crippen LogP contribution is -2.40. The zero-order valence-corrected chi connectivity index (χ0v) is 13.9. The Morgan fingerprint density at radius 3 is 3.12 bits per heavy atom. The molecule has 0 radical (unpaired) electrons. The molecule has 0 aliphatic carbocycles. The van der Waals surface area contributed by atoms with Crippen molar-refractivity contribution in [1.29, 1.82) is 0 Å². The molecule has 0 bridgehead atoms. The van der Waals surface area contributed by atoms with Crippen LogP contribution in [0.5, 0.6) is 5.75 Å². The van der Waals surface area contributed by atoms with Gasteiger partial charge in [0.25, 0.3) is 0 Å². The zero-order chi connectivity index (χ0) is 16.8. The van der Waals surface area contributed by atoms with Crippen LogP contribution < -0.4 is 10.1 Å². The van der Waals surface area contributed by atoms with E-state index in [1.807, 2.05) is 41.2 Å². The monoisotopic (exact) mass is 329 g/mol. The number of carbonyl (C=O) groups is 1. The predicted octanol–water partition coefficient (Wildman–Crippen LogP) is 1.47. The first kappa shape index (κ1) is 16.3. The summed E-state index contributed by atoms with van der Waals surface area (Å²) in [6.07, 6.45) is 9.31. The molecule has 7 nitrogen and oxygen atoms in total. The van der Waals surface area contributed by atoms with Crippen molar-refractivity contribution in [2.45, 2.75) is 12.8 Å². The highest BCUT2D eigenvalue weighted by Gasteiger charge is 2.26. The molecule has 0 saturated carbocycles. The van der Waals surface area contributed by atoms with Gasteiger partial charge in [-0.25, -0.2) is 4.79 Å². The second-order valence-corrected chi connectivity index (χ2v) is 6.10. The Kier molecular flexibility index (Phi) is 5.30. The maximum atomic E-state index is 12.2. The lowest BCUT2D eigenvalue weighted by molar-refractivity contribution is 0.203. The number of urea groups is 1. The maximum absolute atomic E-state index is 12.2. The van der Waals surface area contributed by atoms with Crippen molar-refractivity contribution >= 4 is 6.03 Å². The number of aromatic nitrogens is 3. The molecule has 1 unspecified atom stereocenters.